The first kappa shape index (κ1) is 66.4. The Hall–Kier alpha value is -5.74. The third-order valence-corrected chi connectivity index (χ3v) is 12.2. The molecule has 0 bridgehead atoms. The number of hydrogen-bond acceptors (Lipinski definition) is 21. The number of carboxylic acid groups (broad SMARTS) is 1. The van der Waals surface area contributed by atoms with Crippen molar-refractivity contribution in [3.8, 4) is 0 Å². The summed E-state index contributed by atoms with van der Waals surface area (Å²) < 4.78 is 23.3. The molecule has 2 heterocycles. The fraction of sp³-hybridized carbons (Fsp3) is 0.778. The van der Waals surface area contributed by atoms with Gasteiger partial charge >= 0.3 is 5.97 Å². The Morgan fingerprint density at radius 1 is 0.618 bits per heavy atom. The Morgan fingerprint density at radius 2 is 1.17 bits per heavy atom. The first-order valence-corrected chi connectivity index (χ1v) is 24.9. The molecule has 0 aliphatic carbocycles. The molecule has 0 aromatic carbocycles. The molecule has 0 aromatic rings. The minimum absolute atomic E-state index is 0.0149. The third-order valence-electron chi connectivity index (χ3n) is 12.2. The predicted octanol–water partition coefficient (Wildman–Crippen LogP) is -8.12. The van der Waals surface area contributed by atoms with Gasteiger partial charge in [-0.15, -0.1) is 0 Å². The summed E-state index contributed by atoms with van der Waals surface area (Å²) in [5, 5.41) is 81.5. The average molecular weight is 1090 g/mol. The highest BCUT2D eigenvalue weighted by Gasteiger charge is 2.53. The van der Waals surface area contributed by atoms with Crippen LogP contribution < -0.4 is 59.7 Å². The molecule has 2 aliphatic rings. The molecule has 2 rings (SSSR count). The molecule has 76 heavy (non-hydrogen) atoms. The van der Waals surface area contributed by atoms with Crippen LogP contribution in [0.2, 0.25) is 0 Å². The fourth-order valence-corrected chi connectivity index (χ4v) is 7.88. The molecule has 31 nitrogen and oxygen atoms in total. The molecule has 20 N–H and O–H groups in total. The number of primary amides is 1. The molecule has 0 radical (unpaired) electrons. The molecule has 2 saturated heterocycles. The van der Waals surface area contributed by atoms with Crippen LogP contribution in [0.25, 0.3) is 0 Å². The quantitative estimate of drug-likeness (QED) is 0.0278. The van der Waals surface area contributed by atoms with Crippen LogP contribution in [0.4, 0.5) is 0 Å². The van der Waals surface area contributed by atoms with Gasteiger partial charge in [-0.1, -0.05) is 0 Å². The average Bonchev–Trinajstić information content (AvgIpc) is 3.34. The van der Waals surface area contributed by atoms with Gasteiger partial charge < -0.3 is 109 Å². The molecule has 0 saturated carbocycles. The molecule has 2 fully saturated rings. The molecule has 17 atom stereocenters. The third kappa shape index (κ3) is 21.4. The molecule has 2 aliphatic heterocycles. The summed E-state index contributed by atoms with van der Waals surface area (Å²) in [5.41, 5.74) is 16.6. The van der Waals surface area contributed by atoms with E-state index in [0.29, 0.717) is 25.8 Å². The zero-order valence-electron chi connectivity index (χ0n) is 43.4. The monoisotopic (exact) mass is 1090 g/mol. The number of aliphatic hydroxyl groups excluding tert-OH is 5. The van der Waals surface area contributed by atoms with E-state index in [0.717, 1.165) is 13.8 Å². The molecule has 17 unspecified atom stereocenters. The summed E-state index contributed by atoms with van der Waals surface area (Å²) in [4.78, 5) is 127. The number of ether oxygens (including phenoxy) is 4. The van der Waals surface area contributed by atoms with Crippen LogP contribution in [0.1, 0.15) is 92.9 Å². The summed E-state index contributed by atoms with van der Waals surface area (Å²) in [5.74, 6) is -8.66. The number of carbonyl (C=O) groups is 10. The molecule has 31 heteroatoms. The number of nitrogens with one attached hydrogen (secondary N) is 8. The number of unbranched alkanes of at least 4 members (excludes halogenated alkanes) is 2. The number of aliphatic carboxylic acids is 1. The van der Waals surface area contributed by atoms with Gasteiger partial charge in [0.05, 0.1) is 19.3 Å². The standard InChI is InChI=1S/C45H79N11O20/c1-19(47)38(65)49-16-10-8-11-26(42(69)51-21(3)40(67)56-27(43(70)71)12-7-9-15-46)54-30(61)14-13-25(37(48)64)55-39(66)20(2)50-41(68)22(4)73-36-32(53-24(6)60)44(72)74-29(18-58)35(36)76-45-31(52-23(5)59)34(63)33(62)28(17-57)75-45/h19-22,25-29,31-36,44-45,57-58,62-63,72H,7-18,46-47H2,1-6H3,(H2,48,64)(H,49,65)(H,50,68)(H,51,69)(H,52,59)(H,53,60)(H,54,61)(H,55,66)(H,56,67)(H,70,71). The van der Waals surface area contributed by atoms with Crippen molar-refractivity contribution in [1.82, 2.24) is 42.5 Å². The fourth-order valence-electron chi connectivity index (χ4n) is 7.88. The molecule has 0 spiro atoms. The second-order valence-electron chi connectivity index (χ2n) is 18.6. The van der Waals surface area contributed by atoms with E-state index in [9.17, 15) is 78.6 Å². The highest BCUT2D eigenvalue weighted by Crippen LogP contribution is 2.31. The van der Waals surface area contributed by atoms with Crippen LogP contribution >= 0.6 is 0 Å². The van der Waals surface area contributed by atoms with Crippen molar-refractivity contribution in [2.75, 3.05) is 26.3 Å². The second kappa shape index (κ2) is 32.8. The number of hydrogen-bond donors (Lipinski definition) is 17. The molecule has 434 valence electrons. The first-order chi connectivity index (χ1) is 35.7. The van der Waals surface area contributed by atoms with Gasteiger partial charge in [0.25, 0.3) is 0 Å². The minimum Gasteiger partial charge on any atom is -0.480 e. The van der Waals surface area contributed by atoms with Crippen molar-refractivity contribution in [3.63, 3.8) is 0 Å². The van der Waals surface area contributed by atoms with E-state index in [4.69, 9.17) is 36.1 Å². The van der Waals surface area contributed by atoms with Crippen molar-refractivity contribution >= 4 is 59.1 Å². The molecule has 9 amide bonds. The number of nitrogens with two attached hydrogens (primary N) is 3. The lowest BCUT2D eigenvalue weighted by Crippen LogP contribution is -2.70. The van der Waals surface area contributed by atoms with Crippen molar-refractivity contribution < 1.29 is 97.5 Å². The van der Waals surface area contributed by atoms with E-state index < -0.39 is 189 Å². The van der Waals surface area contributed by atoms with Crippen molar-refractivity contribution in [2.24, 2.45) is 17.2 Å². The van der Waals surface area contributed by atoms with Gasteiger partial charge in [-0.05, 0) is 79.2 Å². The van der Waals surface area contributed by atoms with E-state index in [1.165, 1.54) is 27.7 Å². The zero-order chi connectivity index (χ0) is 57.6. The van der Waals surface area contributed by atoms with E-state index in [-0.39, 0.29) is 25.8 Å². The van der Waals surface area contributed by atoms with Gasteiger partial charge in [-0.2, -0.15) is 0 Å². The lowest BCUT2D eigenvalue weighted by molar-refractivity contribution is -0.333. The van der Waals surface area contributed by atoms with Gasteiger partial charge in [0.15, 0.2) is 12.6 Å². The number of aliphatic hydroxyl groups is 5. The highest BCUT2D eigenvalue weighted by molar-refractivity contribution is 5.94. The van der Waals surface area contributed by atoms with E-state index in [1.807, 2.05) is 0 Å². The smallest absolute Gasteiger partial charge is 0.326 e. The molecule has 0 aromatic heterocycles. The van der Waals surface area contributed by atoms with Gasteiger partial charge in [0.1, 0.15) is 85.0 Å². The summed E-state index contributed by atoms with van der Waals surface area (Å²) >= 11 is 0. The van der Waals surface area contributed by atoms with Crippen molar-refractivity contribution in [3.05, 3.63) is 0 Å². The van der Waals surface area contributed by atoms with E-state index in [2.05, 4.69) is 42.5 Å². The van der Waals surface area contributed by atoms with Crippen LogP contribution in [0.15, 0.2) is 0 Å². The van der Waals surface area contributed by atoms with Gasteiger partial charge in [0, 0.05) is 26.8 Å². The lowest BCUT2D eigenvalue weighted by Gasteiger charge is -2.48. The van der Waals surface area contributed by atoms with Crippen LogP contribution in [0.3, 0.4) is 0 Å². The van der Waals surface area contributed by atoms with E-state index in [1.54, 1.807) is 0 Å². The largest absolute Gasteiger partial charge is 0.480 e. The van der Waals surface area contributed by atoms with Gasteiger partial charge in [-0.3, -0.25) is 43.2 Å². The Balaban J connectivity index is 2.21. The van der Waals surface area contributed by atoms with Gasteiger partial charge in [0.2, 0.25) is 53.2 Å². The number of rotatable bonds is 32. The van der Waals surface area contributed by atoms with Gasteiger partial charge in [-0.25, -0.2) is 4.79 Å². The maximum atomic E-state index is 13.6. The van der Waals surface area contributed by atoms with Crippen LogP contribution in [-0.4, -0.2) is 220 Å². The maximum absolute atomic E-state index is 13.6. The maximum Gasteiger partial charge on any atom is 0.326 e. The molecular formula is C45H79N11O20. The Bertz CT molecular complexity index is 1970. The number of amides is 9. The summed E-state index contributed by atoms with van der Waals surface area (Å²) in [6, 6.07) is -10.6. The summed E-state index contributed by atoms with van der Waals surface area (Å²) in [7, 11) is 0. The molecular weight excluding hydrogens is 1010 g/mol. The lowest BCUT2D eigenvalue weighted by atomic mass is 9.94. The van der Waals surface area contributed by atoms with Crippen LogP contribution in [-0.2, 0) is 66.9 Å². The SMILES string of the molecule is CC(=O)NC1C(OC2C(CO)OC(O)C(NC(C)=O)C2OC(C)C(=O)NC(C)C(=O)NC(CCC(=O)NC(CCCCNC(=O)C(C)N)C(=O)NC(C)C(=O)NC(CCCCN)C(=O)O)C(N)=O)OC(CO)C(O)C1O. The first-order valence-electron chi connectivity index (χ1n) is 24.9. The minimum atomic E-state index is -1.90. The zero-order valence-corrected chi connectivity index (χ0v) is 43.4. The van der Waals surface area contributed by atoms with Crippen molar-refractivity contribution in [2.45, 2.75) is 197 Å². The van der Waals surface area contributed by atoms with Crippen LogP contribution in [0, 0.1) is 0 Å². The Kier molecular flexibility index (Phi) is 28.6. The normalized spacial score (nSPS) is 26.1. The summed E-state index contributed by atoms with van der Waals surface area (Å²) in [6.45, 7) is 6.15. The Morgan fingerprint density at radius 3 is 1.71 bits per heavy atom. The highest BCUT2D eigenvalue weighted by atomic mass is 16.7. The van der Waals surface area contributed by atoms with Crippen molar-refractivity contribution in [1.29, 1.82) is 0 Å². The summed E-state index contributed by atoms with van der Waals surface area (Å²) in [6.07, 6.45) is -14.3. The van der Waals surface area contributed by atoms with Crippen LogP contribution in [0.5, 0.6) is 0 Å². The number of carbonyl (C=O) groups excluding carboxylic acids is 9. The second-order valence-corrected chi connectivity index (χ2v) is 18.6. The predicted molar refractivity (Wildman–Crippen MR) is 261 cm³/mol. The van der Waals surface area contributed by atoms with E-state index >= 15 is 0 Å². The topological polar surface area (TPSA) is 503 Å². The number of carboxylic acids is 1. The Labute approximate surface area is 438 Å².